The van der Waals surface area contributed by atoms with Crippen molar-refractivity contribution in [2.45, 2.75) is 20.3 Å². The summed E-state index contributed by atoms with van der Waals surface area (Å²) >= 11 is 3.17. The smallest absolute Gasteiger partial charge is 0.351 e. The number of amides is 1. The second kappa shape index (κ2) is 5.64. The molecule has 88 valence electrons. The Morgan fingerprint density at radius 3 is 2.75 bits per heavy atom. The van der Waals surface area contributed by atoms with Crippen LogP contribution in [0.4, 0.5) is 0 Å². The predicted octanol–water partition coefficient (Wildman–Crippen LogP) is 0.710. The predicted molar refractivity (Wildman–Crippen MR) is 61.1 cm³/mol. The standard InChI is InChI=1S/C9H12BrN3O3/c1-5(2)7(10)8(14)11-4-3-6-12-9(15)16-13-6/h3-4H2,1-2H3,(H,11,14)(H,12,13,15). The van der Waals surface area contributed by atoms with E-state index in [0.29, 0.717) is 23.3 Å². The van der Waals surface area contributed by atoms with E-state index in [2.05, 4.69) is 35.9 Å². The zero-order valence-corrected chi connectivity index (χ0v) is 10.6. The van der Waals surface area contributed by atoms with Gasteiger partial charge in [-0.1, -0.05) is 10.7 Å². The number of H-pyrrole nitrogens is 1. The molecule has 0 spiro atoms. The molecule has 0 unspecified atom stereocenters. The topological polar surface area (TPSA) is 88.0 Å². The molecular formula is C9H12BrN3O3. The van der Waals surface area contributed by atoms with Gasteiger partial charge in [0, 0.05) is 13.0 Å². The first kappa shape index (κ1) is 12.7. The first-order valence-corrected chi connectivity index (χ1v) is 5.46. The molecule has 0 radical (unpaired) electrons. The fourth-order valence-corrected chi connectivity index (χ4v) is 1.11. The molecule has 7 heteroatoms. The normalized spacial score (nSPS) is 9.94. The van der Waals surface area contributed by atoms with Crippen molar-refractivity contribution in [1.29, 1.82) is 0 Å². The number of nitrogens with one attached hydrogen (secondary N) is 2. The molecule has 0 saturated heterocycles. The zero-order valence-electron chi connectivity index (χ0n) is 8.96. The van der Waals surface area contributed by atoms with Crippen LogP contribution in [0.1, 0.15) is 19.7 Å². The third kappa shape index (κ3) is 3.65. The molecule has 1 aromatic heterocycles. The molecule has 0 aromatic carbocycles. The van der Waals surface area contributed by atoms with Crippen LogP contribution in [0.15, 0.2) is 19.4 Å². The molecule has 2 N–H and O–H groups in total. The van der Waals surface area contributed by atoms with Crippen LogP contribution in [0.5, 0.6) is 0 Å². The minimum atomic E-state index is -0.591. The lowest BCUT2D eigenvalue weighted by molar-refractivity contribution is -0.116. The quantitative estimate of drug-likeness (QED) is 0.799. The van der Waals surface area contributed by atoms with Crippen molar-refractivity contribution >= 4 is 21.8 Å². The average molecular weight is 290 g/mol. The summed E-state index contributed by atoms with van der Waals surface area (Å²) in [6.07, 6.45) is 0.417. The van der Waals surface area contributed by atoms with Gasteiger partial charge in [-0.05, 0) is 29.8 Å². The highest BCUT2D eigenvalue weighted by Gasteiger charge is 2.07. The molecule has 16 heavy (non-hydrogen) atoms. The number of hydrogen-bond donors (Lipinski definition) is 2. The van der Waals surface area contributed by atoms with E-state index < -0.39 is 5.76 Å². The highest BCUT2D eigenvalue weighted by atomic mass is 79.9. The van der Waals surface area contributed by atoms with E-state index in [9.17, 15) is 9.59 Å². The fourth-order valence-electron chi connectivity index (χ4n) is 0.967. The van der Waals surface area contributed by atoms with Gasteiger partial charge < -0.3 is 5.32 Å². The highest BCUT2D eigenvalue weighted by molar-refractivity contribution is 9.12. The molecular weight excluding hydrogens is 278 g/mol. The van der Waals surface area contributed by atoms with Gasteiger partial charge >= 0.3 is 5.76 Å². The van der Waals surface area contributed by atoms with Gasteiger partial charge in [0.15, 0.2) is 5.82 Å². The van der Waals surface area contributed by atoms with E-state index in [1.807, 2.05) is 13.8 Å². The molecule has 0 aliphatic heterocycles. The van der Waals surface area contributed by atoms with Crippen LogP contribution in [0.3, 0.4) is 0 Å². The Labute approximate surface area is 100 Å². The first-order chi connectivity index (χ1) is 7.50. The van der Waals surface area contributed by atoms with E-state index in [1.165, 1.54) is 0 Å². The number of aromatic nitrogens is 2. The molecule has 1 aromatic rings. The minimum Gasteiger partial charge on any atom is -0.351 e. The van der Waals surface area contributed by atoms with Crippen LogP contribution in [0, 0.1) is 0 Å². The van der Waals surface area contributed by atoms with E-state index in [0.717, 1.165) is 5.57 Å². The largest absolute Gasteiger partial charge is 0.438 e. The van der Waals surface area contributed by atoms with Gasteiger partial charge in [0.05, 0.1) is 4.48 Å². The monoisotopic (exact) mass is 289 g/mol. The van der Waals surface area contributed by atoms with Gasteiger partial charge in [0.2, 0.25) is 0 Å². The highest BCUT2D eigenvalue weighted by Crippen LogP contribution is 2.10. The SMILES string of the molecule is CC(C)=C(Br)C(=O)NCCc1noc(=O)[nH]1. The summed E-state index contributed by atoms with van der Waals surface area (Å²) in [7, 11) is 0. The van der Waals surface area contributed by atoms with E-state index in [1.54, 1.807) is 0 Å². The van der Waals surface area contributed by atoms with Crippen molar-refractivity contribution in [2.24, 2.45) is 0 Å². The lowest BCUT2D eigenvalue weighted by atomic mass is 10.3. The number of carbonyl (C=O) groups excluding carboxylic acids is 1. The van der Waals surface area contributed by atoms with Crippen LogP contribution in [-0.2, 0) is 11.2 Å². The van der Waals surface area contributed by atoms with Crippen molar-refractivity contribution in [3.05, 3.63) is 26.4 Å². The van der Waals surface area contributed by atoms with Crippen LogP contribution in [0.2, 0.25) is 0 Å². The van der Waals surface area contributed by atoms with E-state index in [4.69, 9.17) is 0 Å². The molecule has 0 aliphatic rings. The Kier molecular flexibility index (Phi) is 4.48. The van der Waals surface area contributed by atoms with Crippen molar-refractivity contribution < 1.29 is 9.32 Å². The second-order valence-electron chi connectivity index (χ2n) is 3.36. The first-order valence-electron chi connectivity index (χ1n) is 4.66. The molecule has 0 atom stereocenters. The Bertz CT molecular complexity index is 457. The summed E-state index contributed by atoms with van der Waals surface area (Å²) in [5.74, 6) is -0.365. The zero-order chi connectivity index (χ0) is 12.1. The number of hydrogen-bond acceptors (Lipinski definition) is 4. The number of carbonyl (C=O) groups is 1. The molecule has 0 aliphatic carbocycles. The van der Waals surface area contributed by atoms with Gasteiger partial charge in [-0.25, -0.2) is 4.79 Å². The number of halogens is 1. The van der Waals surface area contributed by atoms with Gasteiger partial charge in [0.25, 0.3) is 5.91 Å². The Morgan fingerprint density at radius 2 is 2.25 bits per heavy atom. The van der Waals surface area contributed by atoms with Gasteiger partial charge in [-0.3, -0.25) is 14.3 Å². The lowest BCUT2D eigenvalue weighted by Gasteiger charge is -2.03. The molecule has 0 bridgehead atoms. The van der Waals surface area contributed by atoms with Gasteiger partial charge in [-0.2, -0.15) is 0 Å². The van der Waals surface area contributed by atoms with Gasteiger partial charge in [-0.15, -0.1) is 0 Å². The number of allylic oxidation sites excluding steroid dienone is 1. The van der Waals surface area contributed by atoms with Crippen LogP contribution in [-0.4, -0.2) is 22.6 Å². The Balaban J connectivity index is 2.39. The van der Waals surface area contributed by atoms with E-state index >= 15 is 0 Å². The Hall–Kier alpha value is -1.37. The maximum absolute atomic E-state index is 11.4. The van der Waals surface area contributed by atoms with Crippen molar-refractivity contribution in [3.63, 3.8) is 0 Å². The summed E-state index contributed by atoms with van der Waals surface area (Å²) in [5, 5.41) is 6.15. The van der Waals surface area contributed by atoms with Crippen LogP contribution >= 0.6 is 15.9 Å². The third-order valence-electron chi connectivity index (χ3n) is 1.77. The molecule has 6 nitrogen and oxygen atoms in total. The minimum absolute atomic E-state index is 0.189. The van der Waals surface area contributed by atoms with Crippen LogP contribution < -0.4 is 11.1 Å². The maximum Gasteiger partial charge on any atom is 0.438 e. The van der Waals surface area contributed by atoms with Crippen molar-refractivity contribution in [3.8, 4) is 0 Å². The second-order valence-corrected chi connectivity index (χ2v) is 4.15. The summed E-state index contributed by atoms with van der Waals surface area (Å²) in [4.78, 5) is 24.4. The number of nitrogens with zero attached hydrogens (tertiary/aromatic N) is 1. The number of aromatic amines is 1. The summed E-state index contributed by atoms with van der Waals surface area (Å²) < 4.78 is 4.83. The summed E-state index contributed by atoms with van der Waals surface area (Å²) in [6, 6.07) is 0. The Morgan fingerprint density at radius 1 is 1.56 bits per heavy atom. The lowest BCUT2D eigenvalue weighted by Crippen LogP contribution is -2.26. The molecule has 1 rings (SSSR count). The fraction of sp³-hybridized carbons (Fsp3) is 0.444. The van der Waals surface area contributed by atoms with Crippen LogP contribution in [0.25, 0.3) is 0 Å². The average Bonchev–Trinajstić information content (AvgIpc) is 2.62. The van der Waals surface area contributed by atoms with Crippen molar-refractivity contribution in [1.82, 2.24) is 15.5 Å². The molecule has 0 saturated carbocycles. The third-order valence-corrected chi connectivity index (χ3v) is 2.92. The summed E-state index contributed by atoms with van der Waals surface area (Å²) in [5.41, 5.74) is 0.896. The summed E-state index contributed by atoms with van der Waals surface area (Å²) in [6.45, 7) is 4.04. The molecule has 1 amide bonds. The van der Waals surface area contributed by atoms with Crippen molar-refractivity contribution in [2.75, 3.05) is 6.54 Å². The number of rotatable bonds is 4. The molecule has 1 heterocycles. The van der Waals surface area contributed by atoms with Gasteiger partial charge in [0.1, 0.15) is 0 Å². The molecule has 0 fully saturated rings. The van der Waals surface area contributed by atoms with E-state index in [-0.39, 0.29) is 5.91 Å². The maximum atomic E-state index is 11.4.